The summed E-state index contributed by atoms with van der Waals surface area (Å²) in [5.41, 5.74) is 0. The van der Waals surface area contributed by atoms with Crippen LogP contribution in [0.5, 0.6) is 11.5 Å². The molecule has 1 amide bonds. The number of amides is 1. The van der Waals surface area contributed by atoms with E-state index in [4.69, 9.17) is 4.74 Å². The second-order valence-corrected chi connectivity index (χ2v) is 10.7. The van der Waals surface area contributed by atoms with Crippen molar-refractivity contribution < 1.29 is 14.6 Å². The lowest BCUT2D eigenvalue weighted by Gasteiger charge is -2.12. The van der Waals surface area contributed by atoms with Gasteiger partial charge < -0.3 is 15.2 Å². The number of thioether (sulfide) groups is 1. The summed E-state index contributed by atoms with van der Waals surface area (Å²) < 4.78 is 5.40. The van der Waals surface area contributed by atoms with Gasteiger partial charge in [0.15, 0.2) is 6.61 Å². The number of unbranched alkanes of at least 4 members (excludes halogenated alkanes) is 13. The highest BCUT2D eigenvalue weighted by molar-refractivity contribution is 7.99. The lowest BCUT2D eigenvalue weighted by molar-refractivity contribution is -0.122. The van der Waals surface area contributed by atoms with Gasteiger partial charge in [-0.25, -0.2) is 0 Å². The van der Waals surface area contributed by atoms with Gasteiger partial charge in [0.2, 0.25) is 0 Å². The van der Waals surface area contributed by atoms with E-state index in [0.29, 0.717) is 17.5 Å². The molecule has 1 rings (SSSR count). The molecule has 0 aliphatic carbocycles. The minimum absolute atomic E-state index is 0.00401. The number of rotatable bonds is 22. The molecule has 0 aliphatic heterocycles. The zero-order valence-electron chi connectivity index (χ0n) is 21.3. The van der Waals surface area contributed by atoms with Gasteiger partial charge in [-0.2, -0.15) is 11.8 Å². The van der Waals surface area contributed by atoms with Gasteiger partial charge in [-0.05, 0) is 30.7 Å². The normalized spacial score (nSPS) is 11.9. The van der Waals surface area contributed by atoms with Crippen LogP contribution in [0.3, 0.4) is 0 Å². The van der Waals surface area contributed by atoms with Gasteiger partial charge in [0.25, 0.3) is 5.91 Å². The molecule has 4 nitrogen and oxygen atoms in total. The summed E-state index contributed by atoms with van der Waals surface area (Å²) in [5.74, 6) is 1.60. The maximum absolute atomic E-state index is 11.9. The third-order valence-electron chi connectivity index (χ3n) is 6.00. The topological polar surface area (TPSA) is 58.6 Å². The highest BCUT2D eigenvalue weighted by Crippen LogP contribution is 2.19. The van der Waals surface area contributed by atoms with E-state index in [1.54, 1.807) is 24.3 Å². The minimum Gasteiger partial charge on any atom is -0.508 e. The monoisotopic (exact) mass is 479 g/mol. The van der Waals surface area contributed by atoms with E-state index in [-0.39, 0.29) is 18.3 Å². The molecule has 0 aliphatic rings. The molecule has 190 valence electrons. The molecule has 0 heterocycles. The van der Waals surface area contributed by atoms with E-state index in [0.717, 1.165) is 5.75 Å². The van der Waals surface area contributed by atoms with E-state index in [1.165, 1.54) is 96.3 Å². The predicted molar refractivity (Wildman–Crippen MR) is 143 cm³/mol. The smallest absolute Gasteiger partial charge is 0.257 e. The zero-order valence-corrected chi connectivity index (χ0v) is 22.1. The quantitative estimate of drug-likeness (QED) is 0.166. The van der Waals surface area contributed by atoms with E-state index < -0.39 is 0 Å². The Hall–Kier alpha value is -1.36. The van der Waals surface area contributed by atoms with Crippen molar-refractivity contribution in [3.63, 3.8) is 0 Å². The second kappa shape index (κ2) is 21.2. The summed E-state index contributed by atoms with van der Waals surface area (Å²) in [7, 11) is 0. The van der Waals surface area contributed by atoms with Gasteiger partial charge in [0.1, 0.15) is 11.5 Å². The summed E-state index contributed by atoms with van der Waals surface area (Å²) in [5, 5.41) is 12.8. The number of hydrogen-bond donors (Lipinski definition) is 2. The fourth-order valence-electron chi connectivity index (χ4n) is 3.90. The molecule has 33 heavy (non-hydrogen) atoms. The summed E-state index contributed by atoms with van der Waals surface area (Å²) >= 11 is 1.94. The number of aromatic hydroxyl groups is 1. The molecule has 0 spiro atoms. The van der Waals surface area contributed by atoms with Gasteiger partial charge in [0, 0.05) is 17.5 Å². The van der Waals surface area contributed by atoms with Crippen molar-refractivity contribution in [1.29, 1.82) is 0 Å². The third kappa shape index (κ3) is 18.7. The van der Waals surface area contributed by atoms with Crippen molar-refractivity contribution in [2.45, 2.75) is 115 Å². The average Bonchev–Trinajstić information content (AvgIpc) is 2.81. The molecule has 5 heteroatoms. The Bertz CT molecular complexity index is 579. The SMILES string of the molecule is CCCCCCCCCCCCCCCCC(C)SCCNC(=O)COc1ccc(O)cc1. The molecule has 0 fully saturated rings. The lowest BCUT2D eigenvalue weighted by atomic mass is 10.0. The van der Waals surface area contributed by atoms with Gasteiger partial charge in [-0.15, -0.1) is 0 Å². The van der Waals surface area contributed by atoms with E-state index >= 15 is 0 Å². The zero-order chi connectivity index (χ0) is 24.0. The molecule has 0 saturated heterocycles. The van der Waals surface area contributed by atoms with Gasteiger partial charge in [0.05, 0.1) is 0 Å². The van der Waals surface area contributed by atoms with E-state index in [1.807, 2.05) is 11.8 Å². The largest absolute Gasteiger partial charge is 0.508 e. The van der Waals surface area contributed by atoms with Gasteiger partial charge in [-0.3, -0.25) is 4.79 Å². The van der Waals surface area contributed by atoms with Crippen molar-refractivity contribution in [3.8, 4) is 11.5 Å². The van der Waals surface area contributed by atoms with Crippen molar-refractivity contribution in [3.05, 3.63) is 24.3 Å². The molecular formula is C28H49NO3S. The van der Waals surface area contributed by atoms with Crippen LogP contribution in [0.4, 0.5) is 0 Å². The first-order valence-corrected chi connectivity index (χ1v) is 14.5. The number of hydrogen-bond acceptors (Lipinski definition) is 4. The van der Waals surface area contributed by atoms with Gasteiger partial charge in [-0.1, -0.05) is 104 Å². The Labute approximate surface area is 207 Å². The van der Waals surface area contributed by atoms with Crippen LogP contribution >= 0.6 is 11.8 Å². The lowest BCUT2D eigenvalue weighted by Crippen LogP contribution is -2.30. The highest BCUT2D eigenvalue weighted by atomic mass is 32.2. The molecule has 1 atom stereocenters. The van der Waals surface area contributed by atoms with Crippen molar-refractivity contribution >= 4 is 17.7 Å². The van der Waals surface area contributed by atoms with E-state index in [9.17, 15) is 9.90 Å². The van der Waals surface area contributed by atoms with Gasteiger partial charge >= 0.3 is 0 Å². The fourth-order valence-corrected chi connectivity index (χ4v) is 4.86. The number of benzene rings is 1. The maximum Gasteiger partial charge on any atom is 0.257 e. The Balaban J connectivity index is 1.82. The molecule has 1 unspecified atom stereocenters. The molecule has 2 N–H and O–H groups in total. The Morgan fingerprint density at radius 1 is 0.879 bits per heavy atom. The van der Waals surface area contributed by atoms with Crippen LogP contribution in [0.25, 0.3) is 0 Å². The number of phenols is 1. The molecule has 0 saturated carbocycles. The fraction of sp³-hybridized carbons (Fsp3) is 0.750. The highest BCUT2D eigenvalue weighted by Gasteiger charge is 2.05. The maximum atomic E-state index is 11.9. The average molecular weight is 480 g/mol. The Morgan fingerprint density at radius 2 is 1.39 bits per heavy atom. The minimum atomic E-state index is -0.108. The van der Waals surface area contributed by atoms with Crippen molar-refractivity contribution in [2.75, 3.05) is 18.9 Å². The van der Waals surface area contributed by atoms with Crippen LogP contribution in [0.1, 0.15) is 110 Å². The van der Waals surface area contributed by atoms with Crippen LogP contribution in [-0.4, -0.2) is 35.2 Å². The summed E-state index contributed by atoms with van der Waals surface area (Å²) in [6.45, 7) is 5.25. The van der Waals surface area contributed by atoms with Crippen LogP contribution in [0, 0.1) is 0 Å². The van der Waals surface area contributed by atoms with Crippen molar-refractivity contribution in [2.24, 2.45) is 0 Å². The predicted octanol–water partition coefficient (Wildman–Crippen LogP) is 7.88. The first kappa shape index (κ1) is 29.7. The molecule has 0 bridgehead atoms. The number of phenolic OH excluding ortho intramolecular Hbond substituents is 1. The molecule has 1 aromatic carbocycles. The second-order valence-electron chi connectivity index (χ2n) is 9.20. The Morgan fingerprint density at radius 3 is 1.94 bits per heavy atom. The third-order valence-corrected chi connectivity index (χ3v) is 7.24. The van der Waals surface area contributed by atoms with E-state index in [2.05, 4.69) is 19.2 Å². The molecule has 1 aromatic rings. The summed E-state index contributed by atoms with van der Waals surface area (Å²) in [6.07, 6.45) is 20.9. The molecule has 0 aromatic heterocycles. The summed E-state index contributed by atoms with van der Waals surface area (Å²) in [6, 6.07) is 6.39. The summed E-state index contributed by atoms with van der Waals surface area (Å²) in [4.78, 5) is 11.9. The van der Waals surface area contributed by atoms with Crippen molar-refractivity contribution in [1.82, 2.24) is 5.32 Å². The van der Waals surface area contributed by atoms with Crippen LogP contribution in [0.2, 0.25) is 0 Å². The first-order valence-electron chi connectivity index (χ1n) is 13.4. The number of carbonyl (C=O) groups is 1. The number of ether oxygens (including phenoxy) is 1. The standard InChI is InChI=1S/C28H49NO3S/c1-3-4-5-6-7-8-9-10-11-12-13-14-15-16-17-25(2)33-23-22-29-28(31)24-32-27-20-18-26(30)19-21-27/h18-21,25,30H,3-17,22-24H2,1-2H3,(H,29,31). The van der Waals surface area contributed by atoms with Crippen LogP contribution < -0.4 is 10.1 Å². The first-order chi connectivity index (χ1) is 16.1. The molecular weight excluding hydrogens is 430 g/mol. The van der Waals surface area contributed by atoms with Crippen LogP contribution in [0.15, 0.2) is 24.3 Å². The van der Waals surface area contributed by atoms with Crippen LogP contribution in [-0.2, 0) is 4.79 Å². The number of nitrogens with one attached hydrogen (secondary N) is 1. The Kier molecular flexibility index (Phi) is 19.1. The number of carbonyl (C=O) groups excluding carboxylic acids is 1. The molecule has 0 radical (unpaired) electrons.